The summed E-state index contributed by atoms with van der Waals surface area (Å²) in [6.45, 7) is 4.05. The highest BCUT2D eigenvalue weighted by atomic mass is 32.1. The normalized spacial score (nSPS) is 22.1. The Balaban J connectivity index is 1.26. The van der Waals surface area contributed by atoms with Gasteiger partial charge in [0.25, 0.3) is 5.91 Å². The van der Waals surface area contributed by atoms with E-state index in [1.165, 1.54) is 16.2 Å². The number of morpholine rings is 1. The third-order valence-corrected chi connectivity index (χ3v) is 6.36. The largest absolute Gasteiger partial charge is 0.379 e. The van der Waals surface area contributed by atoms with Crippen LogP contribution in [-0.4, -0.2) is 71.0 Å². The van der Waals surface area contributed by atoms with Gasteiger partial charge in [-0.05, 0) is 12.8 Å². The molecule has 3 aliphatic rings. The quantitative estimate of drug-likeness (QED) is 0.686. The number of ether oxygens (including phenoxy) is 1. The maximum Gasteiger partial charge on any atom is 0.325 e. The highest BCUT2D eigenvalue weighted by molar-refractivity contribution is 7.13. The Bertz CT molecular complexity index is 755. The van der Waals surface area contributed by atoms with Gasteiger partial charge >= 0.3 is 6.03 Å². The van der Waals surface area contributed by atoms with Crippen LogP contribution in [0, 0.1) is 0 Å². The number of nitrogens with zero attached hydrogens (tertiary/aromatic N) is 3. The first kappa shape index (κ1) is 19.3. The highest BCUT2D eigenvalue weighted by Gasteiger charge is 2.52. The van der Waals surface area contributed by atoms with Gasteiger partial charge in [-0.3, -0.25) is 19.4 Å². The summed E-state index contributed by atoms with van der Waals surface area (Å²) in [6, 6.07) is -0.387. The Morgan fingerprint density at radius 3 is 2.79 bits per heavy atom. The minimum Gasteiger partial charge on any atom is -0.379 e. The summed E-state index contributed by atoms with van der Waals surface area (Å²) in [5, 5.41) is 8.07. The summed E-state index contributed by atoms with van der Waals surface area (Å²) >= 11 is 1.38. The zero-order chi connectivity index (χ0) is 19.6. The Hall–Kier alpha value is -2.04. The average Bonchev–Trinajstić information content (AvgIpc) is 3.37. The van der Waals surface area contributed by atoms with Crippen LogP contribution < -0.4 is 10.6 Å². The van der Waals surface area contributed by atoms with Crippen molar-refractivity contribution >= 4 is 34.3 Å². The third-order valence-electron chi connectivity index (χ3n) is 5.55. The van der Waals surface area contributed by atoms with Crippen molar-refractivity contribution in [3.8, 4) is 0 Å². The van der Waals surface area contributed by atoms with Gasteiger partial charge in [0, 0.05) is 38.0 Å². The Labute approximate surface area is 167 Å². The standard InChI is InChI=1S/C18H25N5O4S/c24-14(3-6-23-15(25)18(21-17(23)26)4-1-2-5-18)20-16-19-13(12-28-16)11-22-7-9-27-10-8-22/h12H,1-11H2,(H,21,26)(H,19,20,24). The van der Waals surface area contributed by atoms with E-state index in [4.69, 9.17) is 4.74 Å². The second kappa shape index (κ2) is 8.14. The molecule has 1 aliphatic carbocycles. The molecule has 0 atom stereocenters. The summed E-state index contributed by atoms with van der Waals surface area (Å²) in [4.78, 5) is 44.9. The van der Waals surface area contributed by atoms with Crippen molar-refractivity contribution < 1.29 is 19.1 Å². The van der Waals surface area contributed by atoms with Crippen molar-refractivity contribution in [2.45, 2.75) is 44.2 Å². The van der Waals surface area contributed by atoms with E-state index in [0.717, 1.165) is 51.4 Å². The van der Waals surface area contributed by atoms with Crippen molar-refractivity contribution in [2.75, 3.05) is 38.2 Å². The first-order chi connectivity index (χ1) is 13.6. The highest BCUT2D eigenvalue weighted by Crippen LogP contribution is 2.35. The topological polar surface area (TPSA) is 104 Å². The molecule has 10 heteroatoms. The first-order valence-corrected chi connectivity index (χ1v) is 10.6. The van der Waals surface area contributed by atoms with Crippen LogP contribution in [0.5, 0.6) is 0 Å². The summed E-state index contributed by atoms with van der Waals surface area (Å²) in [6.07, 6.45) is 3.32. The third kappa shape index (κ3) is 4.03. The number of urea groups is 1. The second-order valence-electron chi connectivity index (χ2n) is 7.51. The molecule has 1 aromatic rings. The predicted octanol–water partition coefficient (Wildman–Crippen LogP) is 1.17. The Kier molecular flexibility index (Phi) is 5.61. The lowest BCUT2D eigenvalue weighted by Gasteiger charge is -2.25. The van der Waals surface area contributed by atoms with Crippen LogP contribution in [0.25, 0.3) is 0 Å². The molecule has 1 spiro atoms. The molecule has 0 aromatic carbocycles. The lowest BCUT2D eigenvalue weighted by Crippen LogP contribution is -2.44. The van der Waals surface area contributed by atoms with Crippen molar-refractivity contribution in [3.05, 3.63) is 11.1 Å². The maximum absolute atomic E-state index is 12.6. The van der Waals surface area contributed by atoms with Crippen LogP contribution in [0.1, 0.15) is 37.8 Å². The number of imide groups is 1. The number of amides is 4. The maximum atomic E-state index is 12.6. The molecule has 2 saturated heterocycles. The van der Waals surface area contributed by atoms with Crippen molar-refractivity contribution in [3.63, 3.8) is 0 Å². The van der Waals surface area contributed by atoms with Crippen LogP contribution in [0.4, 0.5) is 9.93 Å². The predicted molar refractivity (Wildman–Crippen MR) is 103 cm³/mol. The minimum absolute atomic E-state index is 0.0631. The number of rotatable bonds is 6. The summed E-state index contributed by atoms with van der Waals surface area (Å²) in [5.74, 6) is -0.440. The number of carbonyl (C=O) groups is 3. The van der Waals surface area contributed by atoms with E-state index in [0.29, 0.717) is 18.0 Å². The zero-order valence-corrected chi connectivity index (χ0v) is 16.6. The smallest absolute Gasteiger partial charge is 0.325 e. The number of hydrogen-bond donors (Lipinski definition) is 2. The number of hydrogen-bond acceptors (Lipinski definition) is 7. The molecule has 0 bridgehead atoms. The van der Waals surface area contributed by atoms with E-state index in [2.05, 4.69) is 20.5 Å². The fourth-order valence-electron chi connectivity index (χ4n) is 4.02. The molecule has 2 N–H and O–H groups in total. The number of aromatic nitrogens is 1. The molecule has 0 radical (unpaired) electrons. The van der Waals surface area contributed by atoms with Crippen molar-refractivity contribution in [1.29, 1.82) is 0 Å². The SMILES string of the molecule is O=C(CCN1C(=O)NC2(CCCC2)C1=O)Nc1nc(CN2CCOCC2)cs1. The van der Waals surface area contributed by atoms with E-state index < -0.39 is 5.54 Å². The number of nitrogens with one attached hydrogen (secondary N) is 2. The first-order valence-electron chi connectivity index (χ1n) is 9.74. The summed E-state index contributed by atoms with van der Waals surface area (Å²) in [7, 11) is 0. The Morgan fingerprint density at radius 1 is 1.29 bits per heavy atom. The molecule has 1 saturated carbocycles. The molecule has 0 unspecified atom stereocenters. The molecular weight excluding hydrogens is 382 g/mol. The fourth-order valence-corrected chi connectivity index (χ4v) is 4.73. The molecule has 1 aromatic heterocycles. The van der Waals surface area contributed by atoms with Crippen molar-refractivity contribution in [2.24, 2.45) is 0 Å². The molecule has 28 heavy (non-hydrogen) atoms. The van der Waals surface area contributed by atoms with Crippen LogP contribution in [-0.2, 0) is 20.9 Å². The molecular formula is C18H25N5O4S. The second-order valence-corrected chi connectivity index (χ2v) is 8.36. The monoisotopic (exact) mass is 407 g/mol. The van der Waals surface area contributed by atoms with Gasteiger partial charge in [0.15, 0.2) is 5.13 Å². The van der Waals surface area contributed by atoms with Crippen LogP contribution in [0.15, 0.2) is 5.38 Å². The summed E-state index contributed by atoms with van der Waals surface area (Å²) in [5.41, 5.74) is 0.191. The van der Waals surface area contributed by atoms with E-state index in [9.17, 15) is 14.4 Å². The van der Waals surface area contributed by atoms with Gasteiger partial charge in [0.1, 0.15) is 5.54 Å². The van der Waals surface area contributed by atoms with Gasteiger partial charge in [-0.15, -0.1) is 11.3 Å². The van der Waals surface area contributed by atoms with Crippen LogP contribution in [0.3, 0.4) is 0 Å². The van der Waals surface area contributed by atoms with Crippen molar-refractivity contribution in [1.82, 2.24) is 20.1 Å². The lowest BCUT2D eigenvalue weighted by molar-refractivity contribution is -0.131. The lowest BCUT2D eigenvalue weighted by atomic mass is 9.98. The number of anilines is 1. The summed E-state index contributed by atoms with van der Waals surface area (Å²) < 4.78 is 5.34. The van der Waals surface area contributed by atoms with Gasteiger partial charge < -0.3 is 15.4 Å². The zero-order valence-electron chi connectivity index (χ0n) is 15.7. The molecule has 3 heterocycles. The van der Waals surface area contributed by atoms with Crippen LogP contribution >= 0.6 is 11.3 Å². The van der Waals surface area contributed by atoms with Gasteiger partial charge in [-0.2, -0.15) is 0 Å². The molecule has 9 nitrogen and oxygen atoms in total. The molecule has 152 valence electrons. The van der Waals surface area contributed by atoms with Gasteiger partial charge in [-0.25, -0.2) is 9.78 Å². The average molecular weight is 407 g/mol. The molecule has 4 amide bonds. The Morgan fingerprint density at radius 2 is 2.04 bits per heavy atom. The van der Waals surface area contributed by atoms with Gasteiger partial charge in [-0.1, -0.05) is 12.8 Å². The van der Waals surface area contributed by atoms with Gasteiger partial charge in [0.2, 0.25) is 5.91 Å². The molecule has 2 aliphatic heterocycles. The van der Waals surface area contributed by atoms with E-state index >= 15 is 0 Å². The van der Waals surface area contributed by atoms with Crippen LogP contribution in [0.2, 0.25) is 0 Å². The molecule has 4 rings (SSSR count). The molecule has 3 fully saturated rings. The number of carbonyl (C=O) groups excluding carboxylic acids is 3. The van der Waals surface area contributed by atoms with E-state index in [-0.39, 0.29) is 30.8 Å². The van der Waals surface area contributed by atoms with E-state index in [1.807, 2.05) is 5.38 Å². The fraction of sp³-hybridized carbons (Fsp3) is 0.667. The van der Waals surface area contributed by atoms with Gasteiger partial charge in [0.05, 0.1) is 18.9 Å². The van der Waals surface area contributed by atoms with E-state index in [1.54, 1.807) is 0 Å². The minimum atomic E-state index is -0.725. The number of thiazole rings is 1.